The molecule has 1 aliphatic heterocycles. The van der Waals surface area contributed by atoms with E-state index < -0.39 is 0 Å². The molecule has 0 fully saturated rings. The van der Waals surface area contributed by atoms with Crippen LogP contribution in [-0.4, -0.2) is 25.5 Å². The number of hydrogen-bond acceptors (Lipinski definition) is 3. The molecule has 0 saturated carbocycles. The molecule has 0 aromatic heterocycles. The number of hydrogen-bond donors (Lipinski definition) is 2. The van der Waals surface area contributed by atoms with Crippen molar-refractivity contribution in [3.05, 3.63) is 54.1 Å². The maximum Gasteiger partial charge on any atom is 0.251 e. The number of carbonyl (C=O) groups is 1. The molecule has 1 amide bonds. The molecule has 2 aromatic carbocycles. The second-order valence-corrected chi connectivity index (χ2v) is 5.36. The Bertz CT molecular complexity index is 669. The van der Waals surface area contributed by atoms with Gasteiger partial charge in [0.05, 0.1) is 11.4 Å². The van der Waals surface area contributed by atoms with Gasteiger partial charge < -0.3 is 15.5 Å². The third-order valence-electron chi connectivity index (χ3n) is 3.77. The van der Waals surface area contributed by atoms with Crippen molar-refractivity contribution >= 4 is 23.0 Å². The number of anilines is 3. The normalized spacial score (nSPS) is 16.4. The summed E-state index contributed by atoms with van der Waals surface area (Å²) in [5.41, 5.74) is 4.08. The zero-order valence-electron chi connectivity index (χ0n) is 12.3. The number of amides is 1. The smallest absolute Gasteiger partial charge is 0.251 e. The van der Waals surface area contributed by atoms with E-state index in [1.807, 2.05) is 62.5 Å². The number of para-hydroxylation sites is 2. The molecule has 1 heterocycles. The van der Waals surface area contributed by atoms with Crippen molar-refractivity contribution in [2.45, 2.75) is 13.0 Å². The standard InChI is InChI=1S/C17H19N3O/c1-12-6-5-7-13(10-12)20(2)17(21)16-11-18-14-8-3-4-9-15(14)19-16/h3-10,16,18-19H,11H2,1-2H3. The molecule has 1 aliphatic rings. The number of benzene rings is 2. The van der Waals surface area contributed by atoms with Gasteiger partial charge in [-0.25, -0.2) is 0 Å². The van der Waals surface area contributed by atoms with Crippen LogP contribution < -0.4 is 15.5 Å². The first-order chi connectivity index (χ1) is 10.1. The topological polar surface area (TPSA) is 44.4 Å². The Morgan fingerprint density at radius 1 is 1.14 bits per heavy atom. The lowest BCUT2D eigenvalue weighted by Gasteiger charge is -2.30. The Kier molecular flexibility index (Phi) is 3.52. The molecule has 1 unspecified atom stereocenters. The molecule has 4 nitrogen and oxygen atoms in total. The van der Waals surface area contributed by atoms with Gasteiger partial charge in [-0.1, -0.05) is 24.3 Å². The predicted octanol–water partition coefficient (Wildman–Crippen LogP) is 2.86. The SMILES string of the molecule is Cc1cccc(N(C)C(=O)C2CNc3ccccc3N2)c1. The highest BCUT2D eigenvalue weighted by atomic mass is 16.2. The molecule has 108 valence electrons. The predicted molar refractivity (Wildman–Crippen MR) is 86.9 cm³/mol. The Labute approximate surface area is 124 Å². The quantitative estimate of drug-likeness (QED) is 0.889. The first-order valence-electron chi connectivity index (χ1n) is 7.09. The van der Waals surface area contributed by atoms with Gasteiger partial charge in [-0.2, -0.15) is 0 Å². The average molecular weight is 281 g/mol. The van der Waals surface area contributed by atoms with Crippen LogP contribution in [0.3, 0.4) is 0 Å². The van der Waals surface area contributed by atoms with Crippen molar-refractivity contribution in [1.82, 2.24) is 0 Å². The second-order valence-electron chi connectivity index (χ2n) is 5.36. The largest absolute Gasteiger partial charge is 0.381 e. The van der Waals surface area contributed by atoms with E-state index in [0.29, 0.717) is 6.54 Å². The van der Waals surface area contributed by atoms with Gasteiger partial charge in [0.2, 0.25) is 0 Å². The Balaban J connectivity index is 1.77. The van der Waals surface area contributed by atoms with E-state index in [1.165, 1.54) is 0 Å². The molecule has 21 heavy (non-hydrogen) atoms. The van der Waals surface area contributed by atoms with Crippen molar-refractivity contribution in [2.75, 3.05) is 29.1 Å². The van der Waals surface area contributed by atoms with E-state index in [2.05, 4.69) is 10.6 Å². The highest BCUT2D eigenvalue weighted by Gasteiger charge is 2.26. The van der Waals surface area contributed by atoms with Crippen molar-refractivity contribution in [3.63, 3.8) is 0 Å². The van der Waals surface area contributed by atoms with Crippen LogP contribution in [0.1, 0.15) is 5.56 Å². The summed E-state index contributed by atoms with van der Waals surface area (Å²) in [6.07, 6.45) is 0. The molecule has 0 saturated heterocycles. The monoisotopic (exact) mass is 281 g/mol. The van der Waals surface area contributed by atoms with Crippen molar-refractivity contribution in [2.24, 2.45) is 0 Å². The highest BCUT2D eigenvalue weighted by molar-refractivity contribution is 6.00. The summed E-state index contributed by atoms with van der Waals surface area (Å²) in [5, 5.41) is 6.61. The molecular formula is C17H19N3O. The van der Waals surface area contributed by atoms with Crippen molar-refractivity contribution < 1.29 is 4.79 Å². The zero-order chi connectivity index (χ0) is 14.8. The molecule has 2 aromatic rings. The molecule has 2 N–H and O–H groups in total. The van der Waals surface area contributed by atoms with E-state index in [0.717, 1.165) is 22.6 Å². The number of fused-ring (bicyclic) bond motifs is 1. The molecule has 0 spiro atoms. The van der Waals surface area contributed by atoms with Gasteiger partial charge in [-0.3, -0.25) is 4.79 Å². The maximum absolute atomic E-state index is 12.6. The van der Waals surface area contributed by atoms with E-state index in [4.69, 9.17) is 0 Å². The van der Waals surface area contributed by atoms with Gasteiger partial charge in [0, 0.05) is 19.3 Å². The summed E-state index contributed by atoms with van der Waals surface area (Å²) < 4.78 is 0. The molecule has 4 heteroatoms. The first-order valence-corrected chi connectivity index (χ1v) is 7.09. The van der Waals surface area contributed by atoms with Crippen LogP contribution in [0.5, 0.6) is 0 Å². The van der Waals surface area contributed by atoms with Crippen molar-refractivity contribution in [3.8, 4) is 0 Å². The Morgan fingerprint density at radius 2 is 1.90 bits per heavy atom. The molecular weight excluding hydrogens is 262 g/mol. The summed E-state index contributed by atoms with van der Waals surface area (Å²) in [5.74, 6) is 0.0580. The first kappa shape index (κ1) is 13.5. The van der Waals surface area contributed by atoms with Crippen LogP contribution in [0.2, 0.25) is 0 Å². The maximum atomic E-state index is 12.6. The van der Waals surface area contributed by atoms with E-state index in [1.54, 1.807) is 4.90 Å². The van der Waals surface area contributed by atoms with Crippen LogP contribution in [0.4, 0.5) is 17.1 Å². The van der Waals surface area contributed by atoms with Gasteiger partial charge in [0.25, 0.3) is 5.91 Å². The van der Waals surface area contributed by atoms with Gasteiger partial charge in [0.1, 0.15) is 6.04 Å². The van der Waals surface area contributed by atoms with Gasteiger partial charge in [0.15, 0.2) is 0 Å². The second kappa shape index (κ2) is 5.48. The lowest BCUT2D eigenvalue weighted by Crippen LogP contribution is -2.47. The molecule has 0 radical (unpaired) electrons. The summed E-state index contributed by atoms with van der Waals surface area (Å²) in [4.78, 5) is 14.4. The van der Waals surface area contributed by atoms with Gasteiger partial charge in [-0.15, -0.1) is 0 Å². The minimum Gasteiger partial charge on any atom is -0.381 e. The summed E-state index contributed by atoms with van der Waals surface area (Å²) in [6, 6.07) is 15.6. The zero-order valence-corrected chi connectivity index (χ0v) is 12.3. The minimum atomic E-state index is -0.259. The summed E-state index contributed by atoms with van der Waals surface area (Å²) in [7, 11) is 1.82. The van der Waals surface area contributed by atoms with Gasteiger partial charge in [-0.05, 0) is 36.8 Å². The number of aryl methyl sites for hydroxylation is 1. The number of rotatable bonds is 2. The molecule has 0 bridgehead atoms. The molecule has 1 atom stereocenters. The number of likely N-dealkylation sites (N-methyl/N-ethyl adjacent to an activating group) is 1. The van der Waals surface area contributed by atoms with Crippen LogP contribution in [0.25, 0.3) is 0 Å². The van der Waals surface area contributed by atoms with E-state index >= 15 is 0 Å². The van der Waals surface area contributed by atoms with Gasteiger partial charge >= 0.3 is 0 Å². The van der Waals surface area contributed by atoms with Crippen LogP contribution in [0.15, 0.2) is 48.5 Å². The lowest BCUT2D eigenvalue weighted by atomic mass is 10.1. The Hall–Kier alpha value is -2.49. The van der Waals surface area contributed by atoms with Crippen LogP contribution in [-0.2, 0) is 4.79 Å². The third-order valence-corrected chi connectivity index (χ3v) is 3.77. The fraction of sp³-hybridized carbons (Fsp3) is 0.235. The number of carbonyl (C=O) groups excluding carboxylic acids is 1. The summed E-state index contributed by atoms with van der Waals surface area (Å²) in [6.45, 7) is 2.62. The molecule has 0 aliphatic carbocycles. The Morgan fingerprint density at radius 3 is 2.67 bits per heavy atom. The average Bonchev–Trinajstić information content (AvgIpc) is 2.53. The number of nitrogens with zero attached hydrogens (tertiary/aromatic N) is 1. The third kappa shape index (κ3) is 2.70. The fourth-order valence-corrected chi connectivity index (χ4v) is 2.56. The van der Waals surface area contributed by atoms with Crippen LogP contribution in [0, 0.1) is 6.92 Å². The minimum absolute atomic E-state index is 0.0580. The molecule has 3 rings (SSSR count). The summed E-state index contributed by atoms with van der Waals surface area (Å²) >= 11 is 0. The highest BCUT2D eigenvalue weighted by Crippen LogP contribution is 2.26. The van der Waals surface area contributed by atoms with E-state index in [9.17, 15) is 4.79 Å². The lowest BCUT2D eigenvalue weighted by molar-refractivity contribution is -0.118. The van der Waals surface area contributed by atoms with Crippen LogP contribution >= 0.6 is 0 Å². The number of nitrogens with one attached hydrogen (secondary N) is 2. The van der Waals surface area contributed by atoms with Crippen molar-refractivity contribution in [1.29, 1.82) is 0 Å². The fourth-order valence-electron chi connectivity index (χ4n) is 2.56. The van der Waals surface area contributed by atoms with E-state index in [-0.39, 0.29) is 11.9 Å².